The summed E-state index contributed by atoms with van der Waals surface area (Å²) in [6.45, 7) is 2.43. The zero-order valence-electron chi connectivity index (χ0n) is 20.4. The largest absolute Gasteiger partial charge is 0.497 e. The van der Waals surface area contributed by atoms with Gasteiger partial charge in [0, 0.05) is 26.6 Å². The molecule has 8 nitrogen and oxygen atoms in total. The van der Waals surface area contributed by atoms with Gasteiger partial charge in [0.1, 0.15) is 11.8 Å². The number of methoxy groups -OCH3 is 1. The summed E-state index contributed by atoms with van der Waals surface area (Å²) in [5.41, 5.74) is 1.59. The van der Waals surface area contributed by atoms with Gasteiger partial charge in [-0.3, -0.25) is 13.9 Å². The van der Waals surface area contributed by atoms with E-state index in [0.29, 0.717) is 37.2 Å². The summed E-state index contributed by atoms with van der Waals surface area (Å²) in [5, 5.41) is 2.64. The van der Waals surface area contributed by atoms with Crippen molar-refractivity contribution < 1.29 is 22.7 Å². The predicted molar refractivity (Wildman–Crippen MR) is 134 cm³/mol. The number of hydrogen-bond donors (Lipinski definition) is 1. The first kappa shape index (κ1) is 27.2. The second kappa shape index (κ2) is 13.0. The molecule has 0 saturated carbocycles. The van der Waals surface area contributed by atoms with Gasteiger partial charge in [0.2, 0.25) is 21.8 Å². The molecule has 34 heavy (non-hydrogen) atoms. The third-order valence-corrected chi connectivity index (χ3v) is 6.82. The van der Waals surface area contributed by atoms with Gasteiger partial charge in [-0.15, -0.1) is 0 Å². The molecule has 2 rings (SSSR count). The first-order chi connectivity index (χ1) is 16.2. The molecule has 9 heteroatoms. The molecule has 0 heterocycles. The van der Waals surface area contributed by atoms with Crippen molar-refractivity contribution in [1.82, 2.24) is 10.2 Å². The SMILES string of the molecule is CC[C@H](C(=O)NC)N(CCc1ccccc1)C(=O)CCCN(c1ccc(OC)cc1)S(C)(=O)=O. The van der Waals surface area contributed by atoms with Gasteiger partial charge in [-0.05, 0) is 49.1 Å². The topological polar surface area (TPSA) is 96.0 Å². The molecule has 0 aliphatic rings. The summed E-state index contributed by atoms with van der Waals surface area (Å²) in [7, 11) is -0.435. The second-order valence-corrected chi connectivity index (χ2v) is 9.90. The van der Waals surface area contributed by atoms with E-state index in [1.165, 1.54) is 4.31 Å². The molecule has 2 aromatic carbocycles. The molecule has 2 amide bonds. The minimum atomic E-state index is -3.54. The summed E-state index contributed by atoms with van der Waals surface area (Å²) in [6.07, 6.45) is 2.71. The Kier molecular flexibility index (Phi) is 10.4. The van der Waals surface area contributed by atoms with Gasteiger partial charge in [-0.25, -0.2) is 8.42 Å². The molecular formula is C25H35N3O5S. The van der Waals surface area contributed by atoms with Gasteiger partial charge in [0.25, 0.3) is 0 Å². The summed E-state index contributed by atoms with van der Waals surface area (Å²) < 4.78 is 31.2. The lowest BCUT2D eigenvalue weighted by atomic mass is 10.1. The Hall–Kier alpha value is -3.07. The van der Waals surface area contributed by atoms with Crippen molar-refractivity contribution in [2.24, 2.45) is 0 Å². The highest BCUT2D eigenvalue weighted by Crippen LogP contribution is 2.22. The van der Waals surface area contributed by atoms with E-state index in [9.17, 15) is 18.0 Å². The monoisotopic (exact) mass is 489 g/mol. The number of ether oxygens (including phenoxy) is 1. The minimum Gasteiger partial charge on any atom is -0.497 e. The highest BCUT2D eigenvalue weighted by molar-refractivity contribution is 7.92. The smallest absolute Gasteiger partial charge is 0.242 e. The normalized spacial score (nSPS) is 12.0. The number of anilines is 1. The van der Waals surface area contributed by atoms with E-state index < -0.39 is 16.1 Å². The highest BCUT2D eigenvalue weighted by atomic mass is 32.2. The lowest BCUT2D eigenvalue weighted by Gasteiger charge is -2.30. The van der Waals surface area contributed by atoms with Gasteiger partial charge in [-0.1, -0.05) is 37.3 Å². The molecule has 0 unspecified atom stereocenters. The van der Waals surface area contributed by atoms with Crippen LogP contribution in [0, 0.1) is 0 Å². The van der Waals surface area contributed by atoms with Crippen molar-refractivity contribution in [3.63, 3.8) is 0 Å². The Morgan fingerprint density at radius 2 is 1.68 bits per heavy atom. The molecule has 0 spiro atoms. The van der Waals surface area contributed by atoms with E-state index in [1.807, 2.05) is 37.3 Å². The Morgan fingerprint density at radius 3 is 2.21 bits per heavy atom. The molecule has 0 fully saturated rings. The first-order valence-electron chi connectivity index (χ1n) is 11.4. The number of benzene rings is 2. The molecule has 0 aliphatic heterocycles. The van der Waals surface area contributed by atoms with Crippen LogP contribution in [-0.4, -0.2) is 64.7 Å². The standard InChI is InChI=1S/C25H35N3O5S/c1-5-23(25(30)26-2)27(19-17-20-10-7-6-8-11-20)24(29)12-9-18-28(34(4,31)32)21-13-15-22(33-3)16-14-21/h6-8,10-11,13-16,23H,5,9,12,17-19H2,1-4H3,(H,26,30)/t23-/m1/s1. The third kappa shape index (κ3) is 7.76. The van der Waals surface area contributed by atoms with Crippen LogP contribution < -0.4 is 14.4 Å². The van der Waals surface area contributed by atoms with Gasteiger partial charge >= 0.3 is 0 Å². The van der Waals surface area contributed by atoms with Crippen molar-refractivity contribution in [2.45, 2.75) is 38.6 Å². The quantitative estimate of drug-likeness (QED) is 0.467. The van der Waals surface area contributed by atoms with Crippen LogP contribution in [0.1, 0.15) is 31.7 Å². The molecular weight excluding hydrogens is 454 g/mol. The van der Waals surface area contributed by atoms with E-state index in [0.717, 1.165) is 11.8 Å². The number of sulfonamides is 1. The number of nitrogens with zero attached hydrogens (tertiary/aromatic N) is 2. The van der Waals surface area contributed by atoms with E-state index in [1.54, 1.807) is 43.3 Å². The number of likely N-dealkylation sites (N-methyl/N-ethyl adjacent to an activating group) is 1. The third-order valence-electron chi connectivity index (χ3n) is 5.63. The maximum atomic E-state index is 13.2. The van der Waals surface area contributed by atoms with Gasteiger partial charge in [0.15, 0.2) is 0 Å². The van der Waals surface area contributed by atoms with Gasteiger partial charge < -0.3 is 15.0 Å². The second-order valence-electron chi connectivity index (χ2n) is 8.00. The van der Waals surface area contributed by atoms with E-state index >= 15 is 0 Å². The average Bonchev–Trinajstić information content (AvgIpc) is 2.83. The predicted octanol–water partition coefficient (Wildman–Crippen LogP) is 2.84. The molecule has 2 aromatic rings. The number of nitrogens with one attached hydrogen (secondary N) is 1. The summed E-state index contributed by atoms with van der Waals surface area (Å²) in [4.78, 5) is 27.3. The van der Waals surface area contributed by atoms with Crippen LogP contribution in [0.5, 0.6) is 5.75 Å². The maximum absolute atomic E-state index is 13.2. The van der Waals surface area contributed by atoms with Crippen LogP contribution in [-0.2, 0) is 26.0 Å². The number of rotatable bonds is 13. The Labute approximate surface area is 202 Å². The van der Waals surface area contributed by atoms with Gasteiger partial charge in [0.05, 0.1) is 19.1 Å². The Bertz CT molecular complexity index is 1030. The number of carbonyl (C=O) groups excluding carboxylic acids is 2. The molecule has 0 aliphatic carbocycles. The number of carbonyl (C=O) groups is 2. The molecule has 0 saturated heterocycles. The van der Waals surface area contributed by atoms with Crippen molar-refractivity contribution in [1.29, 1.82) is 0 Å². The van der Waals surface area contributed by atoms with Crippen molar-refractivity contribution in [2.75, 3.05) is 37.8 Å². The van der Waals surface area contributed by atoms with Crippen molar-refractivity contribution in [3.05, 3.63) is 60.2 Å². The highest BCUT2D eigenvalue weighted by Gasteiger charge is 2.27. The van der Waals surface area contributed by atoms with Crippen LogP contribution in [0.3, 0.4) is 0 Å². The zero-order valence-corrected chi connectivity index (χ0v) is 21.2. The molecule has 0 aromatic heterocycles. The van der Waals surface area contributed by atoms with Crippen molar-refractivity contribution >= 4 is 27.5 Å². The zero-order chi connectivity index (χ0) is 25.1. The van der Waals surface area contributed by atoms with Gasteiger partial charge in [-0.2, -0.15) is 0 Å². The summed E-state index contributed by atoms with van der Waals surface area (Å²) in [6, 6.07) is 15.9. The van der Waals surface area contributed by atoms with Crippen LogP contribution in [0.25, 0.3) is 0 Å². The molecule has 186 valence electrons. The molecule has 1 atom stereocenters. The Morgan fingerprint density at radius 1 is 1.03 bits per heavy atom. The summed E-state index contributed by atoms with van der Waals surface area (Å²) in [5.74, 6) is 0.246. The average molecular weight is 490 g/mol. The number of amides is 2. The molecule has 0 bridgehead atoms. The lowest BCUT2D eigenvalue weighted by Crippen LogP contribution is -2.49. The Balaban J connectivity index is 2.11. The molecule has 1 N–H and O–H groups in total. The first-order valence-corrected chi connectivity index (χ1v) is 13.2. The lowest BCUT2D eigenvalue weighted by molar-refractivity contribution is -0.140. The van der Waals surface area contributed by atoms with Crippen molar-refractivity contribution in [3.8, 4) is 5.75 Å². The van der Waals surface area contributed by atoms with Crippen LogP contribution >= 0.6 is 0 Å². The van der Waals surface area contributed by atoms with E-state index in [2.05, 4.69) is 5.32 Å². The fraction of sp³-hybridized carbons (Fsp3) is 0.440. The minimum absolute atomic E-state index is 0.129. The fourth-order valence-electron chi connectivity index (χ4n) is 3.81. The van der Waals surface area contributed by atoms with E-state index in [4.69, 9.17) is 4.74 Å². The fourth-order valence-corrected chi connectivity index (χ4v) is 4.78. The van der Waals surface area contributed by atoms with Crippen LogP contribution in [0.2, 0.25) is 0 Å². The van der Waals surface area contributed by atoms with E-state index in [-0.39, 0.29) is 24.8 Å². The van der Waals surface area contributed by atoms with Crippen LogP contribution in [0.4, 0.5) is 5.69 Å². The number of hydrogen-bond acceptors (Lipinski definition) is 5. The van der Waals surface area contributed by atoms with Crippen LogP contribution in [0.15, 0.2) is 54.6 Å². The maximum Gasteiger partial charge on any atom is 0.242 e. The summed E-state index contributed by atoms with van der Waals surface area (Å²) >= 11 is 0. The molecule has 0 radical (unpaired) electrons.